The van der Waals surface area contributed by atoms with Gasteiger partial charge in [0.25, 0.3) is 0 Å². The number of nitrogens with zero attached hydrogens (tertiary/aromatic N) is 1. The highest BCUT2D eigenvalue weighted by molar-refractivity contribution is 7.91. The van der Waals surface area contributed by atoms with Crippen molar-refractivity contribution in [1.82, 2.24) is 10.2 Å². The zero-order valence-corrected chi connectivity index (χ0v) is 33.8. The maximum absolute atomic E-state index is 12.1. The number of sulfone groups is 1. The molecule has 2 N–H and O–H groups in total. The number of hydrogen-bond donors (Lipinski definition) is 2. The summed E-state index contributed by atoms with van der Waals surface area (Å²) >= 11 is 0. The number of rotatable bonds is 8. The minimum atomic E-state index is -2.88. The molecule has 0 spiro atoms. The van der Waals surface area contributed by atoms with Crippen LogP contribution in [-0.4, -0.2) is 80.3 Å². The third kappa shape index (κ3) is 7.14. The van der Waals surface area contributed by atoms with Gasteiger partial charge in [-0.3, -0.25) is 0 Å². The van der Waals surface area contributed by atoms with E-state index in [0.717, 1.165) is 19.5 Å². The summed E-state index contributed by atoms with van der Waals surface area (Å²) in [6, 6.07) is 7.57. The summed E-state index contributed by atoms with van der Waals surface area (Å²) in [5, 5.41) is 13.7. The standard InChI is InChI=1S/C43H68N2O5S/c1-30-16-22-43(44-24-25-45-26-28-51(48,49)29-27-45)23-18-34(40(4,5)50-8)35(43)10-9-11-37-41(30,6)21-19-36-39(2,3)33(17-20-42(36,37)7)31-12-14-32(15-13-31)38(46)47/h12-15,17,30,34-37,44H,9-11,16,18-29H2,1-8H3,(H,46,47). The van der Waals surface area contributed by atoms with Gasteiger partial charge in [0.1, 0.15) is 0 Å². The van der Waals surface area contributed by atoms with E-state index >= 15 is 0 Å². The number of hydrogen-bond acceptors (Lipinski definition) is 6. The summed E-state index contributed by atoms with van der Waals surface area (Å²) in [7, 11) is -0.986. The van der Waals surface area contributed by atoms with E-state index in [4.69, 9.17) is 4.74 Å². The molecule has 4 fully saturated rings. The number of methoxy groups -OCH3 is 1. The molecule has 1 aromatic rings. The minimum absolute atomic E-state index is 0.00567. The normalized spacial score (nSPS) is 38.5. The lowest BCUT2D eigenvalue weighted by Crippen LogP contribution is -2.57. The van der Waals surface area contributed by atoms with Crippen LogP contribution in [0.1, 0.15) is 129 Å². The number of allylic oxidation sites excluding steroid dienone is 2. The molecule has 8 heteroatoms. The van der Waals surface area contributed by atoms with Crippen LogP contribution in [0.2, 0.25) is 0 Å². The van der Waals surface area contributed by atoms with Crippen molar-refractivity contribution in [2.24, 2.45) is 45.8 Å². The fourth-order valence-corrected chi connectivity index (χ4v) is 14.1. The number of ether oxygens (including phenoxy) is 1. The molecular weight excluding hydrogens is 657 g/mol. The number of aromatic carboxylic acids is 1. The Morgan fingerprint density at radius 1 is 0.941 bits per heavy atom. The van der Waals surface area contributed by atoms with Crippen LogP contribution in [0.15, 0.2) is 30.3 Å². The summed E-state index contributed by atoms with van der Waals surface area (Å²) < 4.78 is 30.4. The van der Waals surface area contributed by atoms with Crippen LogP contribution in [0.4, 0.5) is 0 Å². The van der Waals surface area contributed by atoms with Gasteiger partial charge in [0.2, 0.25) is 0 Å². The van der Waals surface area contributed by atoms with E-state index in [9.17, 15) is 18.3 Å². The van der Waals surface area contributed by atoms with Crippen LogP contribution in [0.5, 0.6) is 0 Å². The number of fused-ring (bicyclic) bond motifs is 4. The van der Waals surface area contributed by atoms with Crippen LogP contribution < -0.4 is 5.32 Å². The average Bonchev–Trinajstić information content (AvgIpc) is 3.44. The fourth-order valence-electron chi connectivity index (χ4n) is 12.8. The van der Waals surface area contributed by atoms with Crippen LogP contribution in [-0.2, 0) is 14.6 Å². The number of carbonyl (C=O) groups is 1. The molecule has 286 valence electrons. The fraction of sp³-hybridized carbons (Fsp3) is 0.791. The lowest BCUT2D eigenvalue weighted by molar-refractivity contribution is -0.122. The predicted octanol–water partition coefficient (Wildman–Crippen LogP) is 8.35. The largest absolute Gasteiger partial charge is 0.478 e. The Kier molecular flexibility index (Phi) is 10.8. The van der Waals surface area contributed by atoms with Gasteiger partial charge in [-0.25, -0.2) is 13.2 Å². The van der Waals surface area contributed by atoms with E-state index < -0.39 is 15.8 Å². The Labute approximate surface area is 309 Å². The topological polar surface area (TPSA) is 95.9 Å². The van der Waals surface area contributed by atoms with Crippen LogP contribution in [0.3, 0.4) is 0 Å². The molecule has 8 unspecified atom stereocenters. The molecule has 0 aromatic heterocycles. The first kappa shape index (κ1) is 39.0. The van der Waals surface area contributed by atoms with Crippen molar-refractivity contribution in [1.29, 1.82) is 0 Å². The molecule has 7 nitrogen and oxygen atoms in total. The van der Waals surface area contributed by atoms with Crippen molar-refractivity contribution in [2.75, 3.05) is 44.8 Å². The van der Waals surface area contributed by atoms with Gasteiger partial charge in [-0.2, -0.15) is 0 Å². The van der Waals surface area contributed by atoms with Crippen LogP contribution >= 0.6 is 0 Å². The molecule has 1 aromatic carbocycles. The molecule has 0 bridgehead atoms. The van der Waals surface area contributed by atoms with Crippen LogP contribution in [0.25, 0.3) is 5.57 Å². The third-order valence-electron chi connectivity index (χ3n) is 16.1. The number of carboxylic acids is 1. The number of carboxylic acid groups (broad SMARTS) is 1. The van der Waals surface area contributed by atoms with Gasteiger partial charge >= 0.3 is 5.97 Å². The Balaban J connectivity index is 1.26. The molecule has 6 rings (SSSR count). The Morgan fingerprint density at radius 2 is 1.61 bits per heavy atom. The van der Waals surface area contributed by atoms with Gasteiger partial charge in [-0.1, -0.05) is 59.2 Å². The molecular formula is C43H68N2O5S. The third-order valence-corrected chi connectivity index (χ3v) is 17.7. The predicted molar refractivity (Wildman–Crippen MR) is 208 cm³/mol. The Morgan fingerprint density at radius 3 is 2.25 bits per heavy atom. The lowest BCUT2D eigenvalue weighted by Gasteiger charge is -2.64. The maximum Gasteiger partial charge on any atom is 0.335 e. The SMILES string of the molecule is COC(C)(C)C1CCC2(NCCN3CCS(=O)(=O)CC3)CCC(C)C3(C)CCC4C(C)(C)C(c5ccc(C(=O)O)cc5)=CCC4(C)C3CCCC12. The van der Waals surface area contributed by atoms with Crippen molar-refractivity contribution in [3.8, 4) is 0 Å². The number of nitrogens with one attached hydrogen (secondary N) is 1. The summed E-state index contributed by atoms with van der Waals surface area (Å²) in [4.78, 5) is 13.9. The van der Waals surface area contributed by atoms with E-state index in [1.165, 1.54) is 68.9 Å². The molecule has 8 atom stereocenters. The van der Waals surface area contributed by atoms with E-state index in [-0.39, 0.29) is 38.9 Å². The minimum Gasteiger partial charge on any atom is -0.478 e. The molecule has 1 saturated heterocycles. The van der Waals surface area contributed by atoms with E-state index in [1.807, 2.05) is 19.2 Å². The molecule has 0 radical (unpaired) electrons. The zero-order chi connectivity index (χ0) is 37.0. The first-order valence-electron chi connectivity index (χ1n) is 20.2. The first-order chi connectivity index (χ1) is 23.9. The van der Waals surface area contributed by atoms with Gasteiger partial charge in [-0.15, -0.1) is 0 Å². The molecule has 51 heavy (non-hydrogen) atoms. The Hall–Kier alpha value is -1.74. The molecule has 5 aliphatic rings. The second-order valence-corrected chi connectivity index (χ2v) is 21.4. The highest BCUT2D eigenvalue weighted by Crippen LogP contribution is 2.68. The number of benzene rings is 1. The van der Waals surface area contributed by atoms with Crippen molar-refractivity contribution in [2.45, 2.75) is 124 Å². The summed E-state index contributed by atoms with van der Waals surface area (Å²) in [6.07, 6.45) is 14.6. The molecule has 3 saturated carbocycles. The molecule has 0 amide bonds. The smallest absolute Gasteiger partial charge is 0.335 e. The first-order valence-corrected chi connectivity index (χ1v) is 22.0. The molecule has 1 heterocycles. The van der Waals surface area contributed by atoms with Gasteiger partial charge < -0.3 is 20.1 Å². The zero-order valence-electron chi connectivity index (χ0n) is 33.0. The molecule has 4 aliphatic carbocycles. The van der Waals surface area contributed by atoms with Crippen molar-refractivity contribution in [3.63, 3.8) is 0 Å². The summed E-state index contributed by atoms with van der Waals surface area (Å²) in [5.41, 5.74) is 3.27. The summed E-state index contributed by atoms with van der Waals surface area (Å²) in [5.74, 6) is 2.55. The maximum atomic E-state index is 12.1. The lowest BCUT2D eigenvalue weighted by atomic mass is 9.40. The summed E-state index contributed by atoms with van der Waals surface area (Å²) in [6.45, 7) is 20.5. The van der Waals surface area contributed by atoms with Gasteiger partial charge in [-0.05, 0) is 141 Å². The average molecular weight is 725 g/mol. The Bertz CT molecular complexity index is 1550. The van der Waals surface area contributed by atoms with Crippen molar-refractivity contribution >= 4 is 21.4 Å². The highest BCUT2D eigenvalue weighted by Gasteiger charge is 2.61. The van der Waals surface area contributed by atoms with Crippen molar-refractivity contribution < 1.29 is 23.1 Å². The van der Waals surface area contributed by atoms with Crippen LogP contribution in [0, 0.1) is 45.8 Å². The van der Waals surface area contributed by atoms with E-state index in [1.54, 1.807) is 12.1 Å². The molecule has 1 aliphatic heterocycles. The second kappa shape index (κ2) is 14.2. The second-order valence-electron chi connectivity index (χ2n) is 19.1. The quantitative estimate of drug-likeness (QED) is 0.278. The van der Waals surface area contributed by atoms with E-state index in [2.05, 4.69) is 64.8 Å². The van der Waals surface area contributed by atoms with Gasteiger partial charge in [0.05, 0.1) is 22.7 Å². The van der Waals surface area contributed by atoms with Gasteiger partial charge in [0, 0.05) is 38.8 Å². The van der Waals surface area contributed by atoms with Gasteiger partial charge in [0.15, 0.2) is 9.84 Å². The monoisotopic (exact) mass is 724 g/mol. The van der Waals surface area contributed by atoms with Crippen molar-refractivity contribution in [3.05, 3.63) is 41.5 Å². The highest BCUT2D eigenvalue weighted by atomic mass is 32.2. The van der Waals surface area contributed by atoms with E-state index in [0.29, 0.717) is 48.2 Å².